The summed E-state index contributed by atoms with van der Waals surface area (Å²) in [7, 11) is 0. The van der Waals surface area contributed by atoms with E-state index in [0.717, 1.165) is 48.7 Å². The van der Waals surface area contributed by atoms with Gasteiger partial charge in [0, 0.05) is 43.6 Å². The van der Waals surface area contributed by atoms with Crippen molar-refractivity contribution in [2.45, 2.75) is 13.8 Å². The summed E-state index contributed by atoms with van der Waals surface area (Å²) in [4.78, 5) is 29.4. The van der Waals surface area contributed by atoms with Crippen molar-refractivity contribution in [2.24, 2.45) is 0 Å². The molecule has 0 spiro atoms. The maximum absolute atomic E-state index is 12.6. The number of benzene rings is 3. The van der Waals surface area contributed by atoms with Gasteiger partial charge in [-0.25, -0.2) is 0 Å². The molecule has 0 aromatic heterocycles. The minimum absolute atomic E-state index is 0.00815. The van der Waals surface area contributed by atoms with E-state index in [1.165, 1.54) is 0 Å². The molecule has 1 aliphatic heterocycles. The highest BCUT2D eigenvalue weighted by molar-refractivity contribution is 5.94. The predicted molar refractivity (Wildman–Crippen MR) is 139 cm³/mol. The third-order valence-corrected chi connectivity index (χ3v) is 6.04. The zero-order chi connectivity index (χ0) is 24.6. The number of aryl methyl sites for hydroxylation is 2. The van der Waals surface area contributed by atoms with Crippen LogP contribution in [0.4, 0.5) is 11.4 Å². The standard InChI is InChI=1S/C28H32N4O3/c1-21-8-6-9-22(2)28(21)30-27(34)20-32-16-14-31(15-17-32)19-26(33)29-23-10-7-13-25(18-23)35-24-11-4-3-5-12-24/h3-13,18H,14-17,19-20H2,1-2H3,(H,29,33)(H,30,34). The van der Waals surface area contributed by atoms with Crippen LogP contribution >= 0.6 is 0 Å². The van der Waals surface area contributed by atoms with E-state index in [-0.39, 0.29) is 11.8 Å². The number of para-hydroxylation sites is 2. The molecule has 0 bridgehead atoms. The van der Waals surface area contributed by atoms with Gasteiger partial charge in [-0.1, -0.05) is 42.5 Å². The molecule has 2 N–H and O–H groups in total. The van der Waals surface area contributed by atoms with Crippen molar-refractivity contribution < 1.29 is 14.3 Å². The first kappa shape index (κ1) is 24.4. The summed E-state index contributed by atoms with van der Waals surface area (Å²) in [5.41, 5.74) is 3.72. The van der Waals surface area contributed by atoms with Crippen molar-refractivity contribution in [2.75, 3.05) is 49.9 Å². The number of ether oxygens (including phenoxy) is 1. The number of carbonyl (C=O) groups excluding carboxylic acids is 2. The van der Waals surface area contributed by atoms with E-state index in [0.29, 0.717) is 24.5 Å². The minimum atomic E-state index is -0.0666. The fourth-order valence-corrected chi connectivity index (χ4v) is 4.16. The smallest absolute Gasteiger partial charge is 0.238 e. The third kappa shape index (κ3) is 7.15. The molecular weight excluding hydrogens is 440 g/mol. The van der Waals surface area contributed by atoms with Crippen molar-refractivity contribution in [3.05, 3.63) is 83.9 Å². The Hall–Kier alpha value is -3.68. The zero-order valence-electron chi connectivity index (χ0n) is 20.3. The molecule has 35 heavy (non-hydrogen) atoms. The number of nitrogens with one attached hydrogen (secondary N) is 2. The van der Waals surface area contributed by atoms with Crippen molar-refractivity contribution in [3.8, 4) is 11.5 Å². The lowest BCUT2D eigenvalue weighted by molar-refractivity contribution is -0.120. The molecule has 3 aromatic carbocycles. The fourth-order valence-electron chi connectivity index (χ4n) is 4.16. The molecule has 1 saturated heterocycles. The van der Waals surface area contributed by atoms with Crippen molar-refractivity contribution in [3.63, 3.8) is 0 Å². The summed E-state index contributed by atoms with van der Waals surface area (Å²) in [5.74, 6) is 1.34. The molecule has 1 fully saturated rings. The van der Waals surface area contributed by atoms with Gasteiger partial charge in [-0.05, 0) is 49.2 Å². The Bertz CT molecular complexity index is 1140. The SMILES string of the molecule is Cc1cccc(C)c1NC(=O)CN1CCN(CC(=O)Nc2cccc(Oc3ccccc3)c2)CC1. The van der Waals surface area contributed by atoms with Crippen molar-refractivity contribution in [1.29, 1.82) is 0 Å². The monoisotopic (exact) mass is 472 g/mol. The second-order valence-electron chi connectivity index (χ2n) is 8.86. The van der Waals surface area contributed by atoms with Crippen LogP contribution in [-0.2, 0) is 9.59 Å². The Balaban J connectivity index is 1.21. The van der Waals surface area contributed by atoms with Gasteiger partial charge in [0.2, 0.25) is 11.8 Å². The lowest BCUT2D eigenvalue weighted by Gasteiger charge is -2.33. The van der Waals surface area contributed by atoms with Gasteiger partial charge < -0.3 is 15.4 Å². The van der Waals surface area contributed by atoms with Crippen molar-refractivity contribution in [1.82, 2.24) is 9.80 Å². The van der Waals surface area contributed by atoms with E-state index >= 15 is 0 Å². The van der Waals surface area contributed by atoms with Crippen LogP contribution < -0.4 is 15.4 Å². The van der Waals surface area contributed by atoms with E-state index in [1.807, 2.05) is 86.6 Å². The first-order valence-electron chi connectivity index (χ1n) is 11.9. The quantitative estimate of drug-likeness (QED) is 0.512. The summed E-state index contributed by atoms with van der Waals surface area (Å²) >= 11 is 0. The summed E-state index contributed by atoms with van der Waals surface area (Å²) in [6.45, 7) is 7.62. The van der Waals surface area contributed by atoms with E-state index in [9.17, 15) is 9.59 Å². The number of hydrogen-bond acceptors (Lipinski definition) is 5. The maximum atomic E-state index is 12.6. The summed E-state index contributed by atoms with van der Waals surface area (Å²) in [6.07, 6.45) is 0. The van der Waals surface area contributed by atoms with Gasteiger partial charge in [0.05, 0.1) is 13.1 Å². The highest BCUT2D eigenvalue weighted by Gasteiger charge is 2.21. The Morgan fingerprint density at radius 2 is 1.26 bits per heavy atom. The molecular formula is C28H32N4O3. The molecule has 3 aromatic rings. The summed E-state index contributed by atoms with van der Waals surface area (Å²) < 4.78 is 5.84. The Labute approximate surface area is 206 Å². The minimum Gasteiger partial charge on any atom is -0.457 e. The molecule has 7 heteroatoms. The molecule has 7 nitrogen and oxygen atoms in total. The number of amides is 2. The van der Waals surface area contributed by atoms with Gasteiger partial charge in [0.25, 0.3) is 0 Å². The second kappa shape index (κ2) is 11.6. The highest BCUT2D eigenvalue weighted by atomic mass is 16.5. The van der Waals surface area contributed by atoms with Crippen LogP contribution in [0.25, 0.3) is 0 Å². The van der Waals surface area contributed by atoms with Crippen LogP contribution in [0.2, 0.25) is 0 Å². The van der Waals surface area contributed by atoms with Crippen LogP contribution in [0.5, 0.6) is 11.5 Å². The van der Waals surface area contributed by atoms with Gasteiger partial charge in [0.1, 0.15) is 11.5 Å². The van der Waals surface area contributed by atoms with Gasteiger partial charge >= 0.3 is 0 Å². The number of nitrogens with zero attached hydrogens (tertiary/aromatic N) is 2. The summed E-state index contributed by atoms with van der Waals surface area (Å²) in [5, 5.41) is 6.01. The first-order valence-corrected chi connectivity index (χ1v) is 11.9. The zero-order valence-corrected chi connectivity index (χ0v) is 20.3. The average Bonchev–Trinajstić information content (AvgIpc) is 2.84. The Morgan fingerprint density at radius 1 is 0.714 bits per heavy atom. The van der Waals surface area contributed by atoms with Gasteiger partial charge in [0.15, 0.2) is 0 Å². The van der Waals surface area contributed by atoms with Crippen LogP contribution in [-0.4, -0.2) is 60.9 Å². The normalized spacial score (nSPS) is 14.3. The van der Waals surface area contributed by atoms with Gasteiger partial charge in [-0.3, -0.25) is 19.4 Å². The number of anilines is 2. The van der Waals surface area contributed by atoms with E-state index in [2.05, 4.69) is 20.4 Å². The molecule has 0 aliphatic carbocycles. The maximum Gasteiger partial charge on any atom is 0.238 e. The molecule has 0 saturated carbocycles. The topological polar surface area (TPSA) is 73.9 Å². The van der Waals surface area contributed by atoms with E-state index in [4.69, 9.17) is 4.74 Å². The van der Waals surface area contributed by atoms with Crippen LogP contribution in [0.1, 0.15) is 11.1 Å². The molecule has 0 radical (unpaired) electrons. The average molecular weight is 473 g/mol. The Morgan fingerprint density at radius 3 is 1.89 bits per heavy atom. The van der Waals surface area contributed by atoms with E-state index < -0.39 is 0 Å². The van der Waals surface area contributed by atoms with E-state index in [1.54, 1.807) is 0 Å². The molecule has 0 atom stereocenters. The third-order valence-electron chi connectivity index (χ3n) is 6.04. The largest absolute Gasteiger partial charge is 0.457 e. The molecule has 2 amide bonds. The van der Waals surface area contributed by atoms with Crippen LogP contribution in [0.15, 0.2) is 72.8 Å². The number of piperazine rings is 1. The van der Waals surface area contributed by atoms with Crippen LogP contribution in [0, 0.1) is 13.8 Å². The molecule has 1 heterocycles. The number of rotatable bonds is 8. The Kier molecular flexibility index (Phi) is 8.13. The number of carbonyl (C=O) groups is 2. The molecule has 182 valence electrons. The second-order valence-corrected chi connectivity index (χ2v) is 8.86. The summed E-state index contributed by atoms with van der Waals surface area (Å²) in [6, 6.07) is 22.9. The lowest BCUT2D eigenvalue weighted by atomic mass is 10.1. The number of hydrogen-bond donors (Lipinski definition) is 2. The lowest BCUT2D eigenvalue weighted by Crippen LogP contribution is -2.50. The molecule has 4 rings (SSSR count). The molecule has 1 aliphatic rings. The molecule has 0 unspecified atom stereocenters. The van der Waals surface area contributed by atoms with Crippen LogP contribution in [0.3, 0.4) is 0 Å². The first-order chi connectivity index (χ1) is 17.0. The predicted octanol–water partition coefficient (Wildman–Crippen LogP) is 4.29. The van der Waals surface area contributed by atoms with Crippen molar-refractivity contribution >= 4 is 23.2 Å². The fraction of sp³-hybridized carbons (Fsp3) is 0.286. The highest BCUT2D eigenvalue weighted by Crippen LogP contribution is 2.24. The van der Waals surface area contributed by atoms with Gasteiger partial charge in [-0.2, -0.15) is 0 Å². The van der Waals surface area contributed by atoms with Gasteiger partial charge in [-0.15, -0.1) is 0 Å².